The van der Waals surface area contributed by atoms with E-state index in [1.165, 1.54) is 18.9 Å². The van der Waals surface area contributed by atoms with Crippen molar-refractivity contribution in [1.29, 1.82) is 0 Å². The Labute approximate surface area is 102 Å². The Kier molecular flexibility index (Phi) is 3.14. The van der Waals surface area contributed by atoms with Crippen molar-refractivity contribution in [2.75, 3.05) is 5.32 Å². The highest BCUT2D eigenvalue weighted by Crippen LogP contribution is 2.34. The molecule has 0 amide bonds. The van der Waals surface area contributed by atoms with E-state index >= 15 is 0 Å². The lowest BCUT2D eigenvalue weighted by Gasteiger charge is -2.27. The van der Waals surface area contributed by atoms with Crippen molar-refractivity contribution >= 4 is 15.7 Å². The fraction of sp³-hybridized carbons (Fsp3) is 0.500. The monoisotopic (exact) mass is 254 g/mol. The van der Waals surface area contributed by atoms with Gasteiger partial charge in [-0.05, 0) is 31.9 Å². The minimum atomic E-state index is -3.66. The summed E-state index contributed by atoms with van der Waals surface area (Å²) in [7, 11) is -3.66. The molecule has 0 atom stereocenters. The van der Waals surface area contributed by atoms with Gasteiger partial charge in [0.15, 0.2) is 0 Å². The molecule has 94 valence electrons. The van der Waals surface area contributed by atoms with Crippen LogP contribution in [0, 0.1) is 0 Å². The number of hydrogen-bond donors (Lipinski definition) is 2. The molecule has 2 rings (SSSR count). The van der Waals surface area contributed by atoms with E-state index in [9.17, 15) is 8.42 Å². The molecule has 0 heterocycles. The van der Waals surface area contributed by atoms with Crippen molar-refractivity contribution in [1.82, 2.24) is 0 Å². The van der Waals surface area contributed by atoms with Gasteiger partial charge in [0.2, 0.25) is 10.0 Å². The summed E-state index contributed by atoms with van der Waals surface area (Å²) in [6.45, 7) is 2.12. The first kappa shape index (κ1) is 12.4. The van der Waals surface area contributed by atoms with Gasteiger partial charge in [-0.1, -0.05) is 25.0 Å². The van der Waals surface area contributed by atoms with Gasteiger partial charge in [0, 0.05) is 5.54 Å². The zero-order valence-electron chi connectivity index (χ0n) is 9.94. The fourth-order valence-corrected chi connectivity index (χ4v) is 3.12. The Morgan fingerprint density at radius 2 is 1.82 bits per heavy atom. The number of para-hydroxylation sites is 1. The van der Waals surface area contributed by atoms with E-state index in [4.69, 9.17) is 5.14 Å². The lowest BCUT2D eigenvalue weighted by molar-refractivity contribution is 0.531. The highest BCUT2D eigenvalue weighted by molar-refractivity contribution is 7.89. The van der Waals surface area contributed by atoms with Crippen molar-refractivity contribution in [2.45, 2.75) is 43.0 Å². The molecule has 0 aliphatic heterocycles. The molecule has 1 aliphatic rings. The van der Waals surface area contributed by atoms with Crippen LogP contribution >= 0.6 is 0 Å². The maximum atomic E-state index is 11.5. The van der Waals surface area contributed by atoms with E-state index < -0.39 is 10.0 Å². The summed E-state index contributed by atoms with van der Waals surface area (Å²) < 4.78 is 22.9. The minimum Gasteiger partial charge on any atom is -0.379 e. The van der Waals surface area contributed by atoms with E-state index in [0.29, 0.717) is 5.69 Å². The van der Waals surface area contributed by atoms with Gasteiger partial charge in [0.1, 0.15) is 4.90 Å². The van der Waals surface area contributed by atoms with Crippen LogP contribution in [0.15, 0.2) is 29.2 Å². The maximum Gasteiger partial charge on any atom is 0.240 e. The lowest BCUT2D eigenvalue weighted by atomic mass is 10.0. The highest BCUT2D eigenvalue weighted by atomic mass is 32.2. The van der Waals surface area contributed by atoms with Gasteiger partial charge < -0.3 is 5.32 Å². The van der Waals surface area contributed by atoms with Crippen LogP contribution in [0.3, 0.4) is 0 Å². The second-order valence-corrected chi connectivity index (χ2v) is 6.46. The van der Waals surface area contributed by atoms with Crippen molar-refractivity contribution in [3.63, 3.8) is 0 Å². The molecule has 3 N–H and O–H groups in total. The zero-order valence-corrected chi connectivity index (χ0v) is 10.8. The second-order valence-electron chi connectivity index (χ2n) is 4.93. The molecule has 1 fully saturated rings. The first-order chi connectivity index (χ1) is 7.91. The van der Waals surface area contributed by atoms with Gasteiger partial charge in [-0.3, -0.25) is 0 Å². The standard InChI is InChI=1S/C12H18N2O2S/c1-12(8-4-5-9-12)14-10-6-2-3-7-11(10)17(13,15)16/h2-3,6-7,14H,4-5,8-9H2,1H3,(H2,13,15,16). The highest BCUT2D eigenvalue weighted by Gasteiger charge is 2.29. The number of benzene rings is 1. The number of nitrogens with two attached hydrogens (primary N) is 1. The third-order valence-electron chi connectivity index (χ3n) is 3.34. The van der Waals surface area contributed by atoms with Crippen LogP contribution in [0.5, 0.6) is 0 Å². The molecule has 0 saturated heterocycles. The molecular weight excluding hydrogens is 236 g/mol. The van der Waals surface area contributed by atoms with E-state index in [2.05, 4.69) is 12.2 Å². The number of anilines is 1. The summed E-state index contributed by atoms with van der Waals surface area (Å²) in [5, 5.41) is 8.54. The predicted octanol–water partition coefficient (Wildman–Crippen LogP) is 2.08. The SMILES string of the molecule is CC1(Nc2ccccc2S(N)(=O)=O)CCCC1. The fourth-order valence-electron chi connectivity index (χ4n) is 2.42. The largest absolute Gasteiger partial charge is 0.379 e. The summed E-state index contributed by atoms with van der Waals surface area (Å²) >= 11 is 0. The summed E-state index contributed by atoms with van der Waals surface area (Å²) in [4.78, 5) is 0.174. The van der Waals surface area contributed by atoms with Crippen LogP contribution < -0.4 is 10.5 Å². The third kappa shape index (κ3) is 2.79. The van der Waals surface area contributed by atoms with Crippen molar-refractivity contribution in [2.24, 2.45) is 5.14 Å². The van der Waals surface area contributed by atoms with Gasteiger partial charge in [0.25, 0.3) is 0 Å². The molecule has 0 aromatic heterocycles. The van der Waals surface area contributed by atoms with Crippen LogP contribution in [0.2, 0.25) is 0 Å². The van der Waals surface area contributed by atoms with E-state index in [0.717, 1.165) is 12.8 Å². The number of nitrogens with one attached hydrogen (secondary N) is 1. The molecule has 0 bridgehead atoms. The van der Waals surface area contributed by atoms with Crippen LogP contribution in [-0.4, -0.2) is 14.0 Å². The van der Waals surface area contributed by atoms with Crippen LogP contribution in [0.4, 0.5) is 5.69 Å². The summed E-state index contributed by atoms with van der Waals surface area (Å²) in [5.74, 6) is 0. The minimum absolute atomic E-state index is 0.0131. The Hall–Kier alpha value is -1.07. The molecule has 0 radical (unpaired) electrons. The molecular formula is C12H18N2O2S. The molecule has 17 heavy (non-hydrogen) atoms. The van der Waals surface area contributed by atoms with Gasteiger partial charge in [-0.2, -0.15) is 0 Å². The number of primary sulfonamides is 1. The average Bonchev–Trinajstić information content (AvgIpc) is 2.64. The molecule has 0 spiro atoms. The molecule has 5 heteroatoms. The third-order valence-corrected chi connectivity index (χ3v) is 4.31. The van der Waals surface area contributed by atoms with Gasteiger partial charge in [0.05, 0.1) is 5.69 Å². The maximum absolute atomic E-state index is 11.5. The summed E-state index contributed by atoms with van der Waals surface area (Å²) in [5.41, 5.74) is 0.597. The lowest BCUT2D eigenvalue weighted by Crippen LogP contribution is -2.32. The van der Waals surface area contributed by atoms with Gasteiger partial charge >= 0.3 is 0 Å². The van der Waals surface area contributed by atoms with Gasteiger partial charge in [-0.15, -0.1) is 0 Å². The molecule has 0 unspecified atom stereocenters. The van der Waals surface area contributed by atoms with Crippen LogP contribution in [-0.2, 0) is 10.0 Å². The molecule has 1 aromatic carbocycles. The van der Waals surface area contributed by atoms with Crippen molar-refractivity contribution < 1.29 is 8.42 Å². The Bertz CT molecular complexity index is 505. The zero-order chi connectivity index (χ0) is 12.5. The van der Waals surface area contributed by atoms with Crippen LogP contribution in [0.25, 0.3) is 0 Å². The summed E-state index contributed by atoms with van der Waals surface area (Å²) in [6, 6.07) is 6.80. The van der Waals surface area contributed by atoms with E-state index in [1.54, 1.807) is 12.1 Å². The molecule has 4 nitrogen and oxygen atoms in total. The topological polar surface area (TPSA) is 72.2 Å². The van der Waals surface area contributed by atoms with E-state index in [-0.39, 0.29) is 10.4 Å². The average molecular weight is 254 g/mol. The Morgan fingerprint density at radius 1 is 1.24 bits per heavy atom. The number of rotatable bonds is 3. The smallest absolute Gasteiger partial charge is 0.240 e. The first-order valence-corrected chi connectivity index (χ1v) is 7.35. The normalized spacial score (nSPS) is 19.2. The molecule has 1 aromatic rings. The quantitative estimate of drug-likeness (QED) is 0.867. The summed E-state index contributed by atoms with van der Waals surface area (Å²) in [6.07, 6.45) is 4.49. The number of hydrogen-bond acceptors (Lipinski definition) is 3. The molecule has 1 saturated carbocycles. The predicted molar refractivity (Wildman–Crippen MR) is 68.3 cm³/mol. The van der Waals surface area contributed by atoms with Crippen LogP contribution in [0.1, 0.15) is 32.6 Å². The van der Waals surface area contributed by atoms with Crippen molar-refractivity contribution in [3.05, 3.63) is 24.3 Å². The van der Waals surface area contributed by atoms with E-state index in [1.807, 2.05) is 6.07 Å². The Morgan fingerprint density at radius 3 is 2.41 bits per heavy atom. The van der Waals surface area contributed by atoms with Crippen molar-refractivity contribution in [3.8, 4) is 0 Å². The first-order valence-electron chi connectivity index (χ1n) is 5.81. The molecule has 1 aliphatic carbocycles. The Balaban J connectivity index is 2.33. The second kappa shape index (κ2) is 4.31. The number of sulfonamides is 1. The van der Waals surface area contributed by atoms with Gasteiger partial charge in [-0.25, -0.2) is 13.6 Å².